The van der Waals surface area contributed by atoms with Crippen LogP contribution in [0.3, 0.4) is 0 Å². The van der Waals surface area contributed by atoms with E-state index < -0.39 is 0 Å². The third-order valence-corrected chi connectivity index (χ3v) is 4.12. The van der Waals surface area contributed by atoms with Crippen molar-refractivity contribution in [2.45, 2.75) is 19.1 Å². The third-order valence-electron chi connectivity index (χ3n) is 3.22. The smallest absolute Gasteiger partial charge is 0.133 e. The van der Waals surface area contributed by atoms with Gasteiger partial charge in [0.15, 0.2) is 0 Å². The van der Waals surface area contributed by atoms with Gasteiger partial charge in [0, 0.05) is 26.7 Å². The molecule has 0 bridgehead atoms. The highest BCUT2D eigenvalue weighted by molar-refractivity contribution is 9.10. The van der Waals surface area contributed by atoms with Crippen molar-refractivity contribution in [3.63, 3.8) is 0 Å². The average molecular weight is 300 g/mol. The molecule has 0 aromatic heterocycles. The van der Waals surface area contributed by atoms with Crippen LogP contribution in [0.5, 0.6) is 5.75 Å². The van der Waals surface area contributed by atoms with Crippen molar-refractivity contribution in [3.05, 3.63) is 28.2 Å². The fourth-order valence-electron chi connectivity index (χ4n) is 2.21. The largest absolute Gasteiger partial charge is 0.496 e. The first-order valence-corrected chi connectivity index (χ1v) is 6.60. The van der Waals surface area contributed by atoms with Crippen LogP contribution >= 0.6 is 15.9 Å². The molecule has 1 atom stereocenters. The van der Waals surface area contributed by atoms with Gasteiger partial charge in [0.1, 0.15) is 5.75 Å². The number of hydrogen-bond acceptors (Lipinski definition) is 3. The van der Waals surface area contributed by atoms with Gasteiger partial charge in [-0.1, -0.05) is 12.1 Å². The molecule has 0 N–H and O–H groups in total. The molecule has 1 saturated heterocycles. The minimum Gasteiger partial charge on any atom is -0.496 e. The monoisotopic (exact) mass is 299 g/mol. The fourth-order valence-corrected chi connectivity index (χ4v) is 2.76. The van der Waals surface area contributed by atoms with E-state index in [2.05, 4.69) is 26.9 Å². The highest BCUT2D eigenvalue weighted by Gasteiger charge is 2.22. The van der Waals surface area contributed by atoms with Gasteiger partial charge in [-0.3, -0.25) is 4.90 Å². The van der Waals surface area contributed by atoms with Gasteiger partial charge in [-0.2, -0.15) is 0 Å². The molecule has 1 aliphatic heterocycles. The summed E-state index contributed by atoms with van der Waals surface area (Å²) in [5.74, 6) is 0.894. The van der Waals surface area contributed by atoms with Crippen LogP contribution < -0.4 is 4.74 Å². The summed E-state index contributed by atoms with van der Waals surface area (Å²) in [7, 11) is 3.48. The van der Waals surface area contributed by atoms with Gasteiger partial charge < -0.3 is 9.47 Å². The summed E-state index contributed by atoms with van der Waals surface area (Å²) >= 11 is 3.60. The van der Waals surface area contributed by atoms with E-state index in [1.54, 1.807) is 14.2 Å². The van der Waals surface area contributed by atoms with Crippen molar-refractivity contribution in [2.24, 2.45) is 0 Å². The lowest BCUT2D eigenvalue weighted by atomic mass is 10.2. The Morgan fingerprint density at radius 1 is 1.41 bits per heavy atom. The lowest BCUT2D eigenvalue weighted by Crippen LogP contribution is -2.22. The molecule has 1 aromatic carbocycles. The SMILES string of the molecule is COc1cccc(CN2CCC(OC)C2)c1Br. The quantitative estimate of drug-likeness (QED) is 0.853. The summed E-state index contributed by atoms with van der Waals surface area (Å²) in [4.78, 5) is 2.41. The van der Waals surface area contributed by atoms with Crippen molar-refractivity contribution in [2.75, 3.05) is 27.3 Å². The van der Waals surface area contributed by atoms with Crippen LogP contribution in [0.2, 0.25) is 0 Å². The average Bonchev–Trinajstić information content (AvgIpc) is 2.79. The van der Waals surface area contributed by atoms with E-state index in [4.69, 9.17) is 9.47 Å². The third kappa shape index (κ3) is 3.00. The molecular weight excluding hydrogens is 282 g/mol. The molecule has 1 heterocycles. The summed E-state index contributed by atoms with van der Waals surface area (Å²) in [5, 5.41) is 0. The predicted octanol–water partition coefficient (Wildman–Crippen LogP) is 2.68. The minimum absolute atomic E-state index is 0.388. The molecule has 0 amide bonds. The number of ether oxygens (including phenoxy) is 2. The first-order chi connectivity index (χ1) is 8.24. The molecule has 0 aliphatic carbocycles. The fraction of sp³-hybridized carbons (Fsp3) is 0.538. The molecule has 1 unspecified atom stereocenters. The van der Waals surface area contributed by atoms with Crippen molar-refractivity contribution in [3.8, 4) is 5.75 Å². The maximum absolute atomic E-state index is 5.38. The molecule has 0 saturated carbocycles. The number of hydrogen-bond donors (Lipinski definition) is 0. The van der Waals surface area contributed by atoms with Gasteiger partial charge in [0.05, 0.1) is 17.7 Å². The number of likely N-dealkylation sites (tertiary alicyclic amines) is 1. The van der Waals surface area contributed by atoms with Crippen molar-refractivity contribution >= 4 is 15.9 Å². The molecule has 0 radical (unpaired) electrons. The second kappa shape index (κ2) is 5.85. The van der Waals surface area contributed by atoms with E-state index in [0.717, 1.165) is 36.3 Å². The molecule has 3 nitrogen and oxygen atoms in total. The normalized spacial score (nSPS) is 20.8. The molecule has 0 spiro atoms. The summed E-state index contributed by atoms with van der Waals surface area (Å²) in [5.41, 5.74) is 1.26. The summed E-state index contributed by atoms with van der Waals surface area (Å²) in [6.07, 6.45) is 1.51. The second-order valence-corrected chi connectivity index (χ2v) is 5.11. The summed E-state index contributed by atoms with van der Waals surface area (Å²) in [6, 6.07) is 6.13. The summed E-state index contributed by atoms with van der Waals surface area (Å²) < 4.78 is 11.7. The van der Waals surface area contributed by atoms with Crippen LogP contribution in [0.4, 0.5) is 0 Å². The summed E-state index contributed by atoms with van der Waals surface area (Å²) in [6.45, 7) is 3.06. The van der Waals surface area contributed by atoms with Gasteiger partial charge in [0.2, 0.25) is 0 Å². The molecule has 17 heavy (non-hydrogen) atoms. The van der Waals surface area contributed by atoms with Gasteiger partial charge in [0.25, 0.3) is 0 Å². The van der Waals surface area contributed by atoms with Gasteiger partial charge in [-0.15, -0.1) is 0 Å². The van der Waals surface area contributed by atoms with E-state index in [0.29, 0.717) is 6.10 Å². The zero-order valence-electron chi connectivity index (χ0n) is 10.3. The first-order valence-electron chi connectivity index (χ1n) is 5.81. The van der Waals surface area contributed by atoms with Crippen molar-refractivity contribution < 1.29 is 9.47 Å². The van der Waals surface area contributed by atoms with E-state index in [1.807, 2.05) is 12.1 Å². The molecule has 1 aliphatic rings. The Hall–Kier alpha value is -0.580. The lowest BCUT2D eigenvalue weighted by Gasteiger charge is -2.17. The molecule has 1 aromatic rings. The maximum atomic E-state index is 5.38. The predicted molar refractivity (Wildman–Crippen MR) is 71.4 cm³/mol. The van der Waals surface area contributed by atoms with Crippen LogP contribution in [0.25, 0.3) is 0 Å². The Kier molecular flexibility index (Phi) is 4.42. The first kappa shape index (κ1) is 12.9. The molecule has 2 rings (SSSR count). The van der Waals surface area contributed by atoms with Crippen LogP contribution in [0.15, 0.2) is 22.7 Å². The Morgan fingerprint density at radius 2 is 2.24 bits per heavy atom. The number of methoxy groups -OCH3 is 2. The number of benzene rings is 1. The minimum atomic E-state index is 0.388. The van der Waals surface area contributed by atoms with Crippen molar-refractivity contribution in [1.29, 1.82) is 0 Å². The lowest BCUT2D eigenvalue weighted by molar-refractivity contribution is 0.107. The zero-order chi connectivity index (χ0) is 12.3. The second-order valence-electron chi connectivity index (χ2n) is 4.31. The van der Waals surface area contributed by atoms with Gasteiger partial charge in [-0.25, -0.2) is 0 Å². The van der Waals surface area contributed by atoms with E-state index in [-0.39, 0.29) is 0 Å². The number of rotatable bonds is 4. The Balaban J connectivity index is 2.04. The Morgan fingerprint density at radius 3 is 2.88 bits per heavy atom. The standard InChI is InChI=1S/C13H18BrNO2/c1-16-11-6-7-15(9-11)8-10-4-3-5-12(17-2)13(10)14/h3-5,11H,6-9H2,1-2H3. The maximum Gasteiger partial charge on any atom is 0.133 e. The van der Waals surface area contributed by atoms with E-state index in [1.165, 1.54) is 5.56 Å². The molecule has 1 fully saturated rings. The van der Waals surface area contributed by atoms with Crippen LogP contribution in [0, 0.1) is 0 Å². The van der Waals surface area contributed by atoms with Crippen LogP contribution in [-0.2, 0) is 11.3 Å². The highest BCUT2D eigenvalue weighted by atomic mass is 79.9. The van der Waals surface area contributed by atoms with Gasteiger partial charge in [-0.05, 0) is 34.0 Å². The zero-order valence-corrected chi connectivity index (χ0v) is 11.9. The van der Waals surface area contributed by atoms with Crippen LogP contribution in [-0.4, -0.2) is 38.3 Å². The van der Waals surface area contributed by atoms with E-state index >= 15 is 0 Å². The molecule has 4 heteroatoms. The Bertz CT molecular complexity index is 384. The van der Waals surface area contributed by atoms with Crippen LogP contribution in [0.1, 0.15) is 12.0 Å². The van der Waals surface area contributed by atoms with Gasteiger partial charge >= 0.3 is 0 Å². The Labute approximate surface area is 111 Å². The molecular formula is C13H18BrNO2. The highest BCUT2D eigenvalue weighted by Crippen LogP contribution is 2.29. The van der Waals surface area contributed by atoms with Crippen molar-refractivity contribution in [1.82, 2.24) is 4.90 Å². The molecule has 94 valence electrons. The topological polar surface area (TPSA) is 21.7 Å². The number of nitrogens with zero attached hydrogens (tertiary/aromatic N) is 1. The number of halogens is 1. The van der Waals surface area contributed by atoms with E-state index in [9.17, 15) is 0 Å².